The van der Waals surface area contributed by atoms with E-state index >= 15 is 0 Å². The molecule has 22 heavy (non-hydrogen) atoms. The van der Waals surface area contributed by atoms with Crippen LogP contribution in [0.2, 0.25) is 0 Å². The van der Waals surface area contributed by atoms with Crippen molar-refractivity contribution in [3.8, 4) is 0 Å². The van der Waals surface area contributed by atoms with E-state index in [2.05, 4.69) is 5.32 Å². The summed E-state index contributed by atoms with van der Waals surface area (Å²) in [6, 6.07) is 0. The number of likely N-dealkylation sites (tertiary alicyclic amines) is 1. The van der Waals surface area contributed by atoms with Crippen LogP contribution in [0.1, 0.15) is 38.5 Å². The van der Waals surface area contributed by atoms with Crippen molar-refractivity contribution in [1.82, 2.24) is 10.2 Å². The van der Waals surface area contributed by atoms with Gasteiger partial charge in [-0.3, -0.25) is 14.5 Å². The van der Waals surface area contributed by atoms with Crippen LogP contribution in [0.25, 0.3) is 0 Å². The van der Waals surface area contributed by atoms with Gasteiger partial charge in [0.15, 0.2) is 0 Å². The third-order valence-electron chi connectivity index (χ3n) is 5.01. The molecule has 0 aromatic heterocycles. The van der Waals surface area contributed by atoms with Crippen molar-refractivity contribution in [2.45, 2.75) is 38.5 Å². The van der Waals surface area contributed by atoms with Gasteiger partial charge in [-0.2, -0.15) is 0 Å². The molecule has 126 valence electrons. The molecule has 2 amide bonds. The Labute approximate surface area is 132 Å². The van der Waals surface area contributed by atoms with Gasteiger partial charge in [-0.1, -0.05) is 12.8 Å². The number of hydrogen-bond acceptors (Lipinski definition) is 4. The van der Waals surface area contributed by atoms with Crippen LogP contribution in [0.3, 0.4) is 0 Å². The van der Waals surface area contributed by atoms with Gasteiger partial charge in [-0.05, 0) is 32.2 Å². The summed E-state index contributed by atoms with van der Waals surface area (Å²) in [5, 5.41) is 3.13. The average molecular weight is 311 g/mol. The number of nitrogens with zero attached hydrogens (tertiary/aromatic N) is 1. The van der Waals surface area contributed by atoms with Crippen molar-refractivity contribution in [2.75, 3.05) is 39.9 Å². The third kappa shape index (κ3) is 4.68. The highest BCUT2D eigenvalue weighted by Gasteiger charge is 2.35. The predicted molar refractivity (Wildman–Crippen MR) is 84.1 cm³/mol. The van der Waals surface area contributed by atoms with Crippen molar-refractivity contribution < 1.29 is 14.3 Å². The maximum Gasteiger partial charge on any atom is 0.231 e. The second-order valence-corrected chi connectivity index (χ2v) is 6.90. The quantitative estimate of drug-likeness (QED) is 0.717. The van der Waals surface area contributed by atoms with E-state index in [1.54, 1.807) is 7.11 Å². The Morgan fingerprint density at radius 1 is 1.32 bits per heavy atom. The molecule has 0 aromatic carbocycles. The van der Waals surface area contributed by atoms with Crippen molar-refractivity contribution in [3.63, 3.8) is 0 Å². The van der Waals surface area contributed by atoms with Crippen molar-refractivity contribution in [1.29, 1.82) is 0 Å². The fourth-order valence-corrected chi connectivity index (χ4v) is 3.86. The molecule has 1 aliphatic heterocycles. The average Bonchev–Trinajstić information content (AvgIpc) is 2.94. The second-order valence-electron chi connectivity index (χ2n) is 6.90. The van der Waals surface area contributed by atoms with Crippen LogP contribution >= 0.6 is 0 Å². The van der Waals surface area contributed by atoms with E-state index in [4.69, 9.17) is 10.5 Å². The largest absolute Gasteiger partial charge is 0.384 e. The van der Waals surface area contributed by atoms with Gasteiger partial charge in [0.25, 0.3) is 0 Å². The Morgan fingerprint density at radius 3 is 2.68 bits per heavy atom. The molecule has 0 aromatic rings. The lowest BCUT2D eigenvalue weighted by Crippen LogP contribution is -2.47. The topological polar surface area (TPSA) is 84.7 Å². The first-order chi connectivity index (χ1) is 10.5. The molecule has 1 atom stereocenters. The monoisotopic (exact) mass is 311 g/mol. The predicted octanol–water partition coefficient (Wildman–Crippen LogP) is 0.507. The Kier molecular flexibility index (Phi) is 6.20. The second kappa shape index (κ2) is 7.92. The Hall–Kier alpha value is -1.14. The summed E-state index contributed by atoms with van der Waals surface area (Å²) in [6.07, 6.45) is 6.51. The van der Waals surface area contributed by atoms with Gasteiger partial charge in [-0.25, -0.2) is 0 Å². The number of primary amides is 1. The normalized spacial score (nSPS) is 25.0. The van der Waals surface area contributed by atoms with Gasteiger partial charge in [0.2, 0.25) is 11.8 Å². The molecule has 6 nitrogen and oxygen atoms in total. The number of carbonyl (C=O) groups excluding carboxylic acids is 2. The van der Waals surface area contributed by atoms with Crippen LogP contribution in [0.4, 0.5) is 0 Å². The fourth-order valence-electron chi connectivity index (χ4n) is 3.86. The van der Waals surface area contributed by atoms with E-state index in [-0.39, 0.29) is 29.7 Å². The van der Waals surface area contributed by atoms with E-state index in [1.807, 2.05) is 4.90 Å². The summed E-state index contributed by atoms with van der Waals surface area (Å²) in [5.74, 6) is -0.253. The van der Waals surface area contributed by atoms with Crippen molar-refractivity contribution >= 4 is 11.8 Å². The highest BCUT2D eigenvalue weighted by molar-refractivity contribution is 5.79. The van der Waals surface area contributed by atoms with Gasteiger partial charge in [0, 0.05) is 25.6 Å². The van der Waals surface area contributed by atoms with E-state index < -0.39 is 0 Å². The fraction of sp³-hybridized carbons (Fsp3) is 0.875. The number of piperidine rings is 1. The number of methoxy groups -OCH3 is 1. The summed E-state index contributed by atoms with van der Waals surface area (Å²) in [4.78, 5) is 25.4. The number of nitrogens with two attached hydrogens (primary N) is 1. The zero-order valence-corrected chi connectivity index (χ0v) is 13.6. The van der Waals surface area contributed by atoms with E-state index in [1.165, 1.54) is 12.8 Å². The van der Waals surface area contributed by atoms with Crippen LogP contribution in [-0.4, -0.2) is 56.6 Å². The number of nitrogens with one attached hydrogen (secondary N) is 1. The minimum Gasteiger partial charge on any atom is -0.384 e. The molecule has 2 aliphatic rings. The minimum absolute atomic E-state index is 0.0332. The molecule has 1 saturated heterocycles. The molecule has 0 unspecified atom stereocenters. The summed E-state index contributed by atoms with van der Waals surface area (Å²) in [6.45, 7) is 3.14. The number of carbonyl (C=O) groups is 2. The number of amides is 2. The maximum absolute atomic E-state index is 12.4. The number of ether oxygens (including phenoxy) is 1. The van der Waals surface area contributed by atoms with Crippen LogP contribution < -0.4 is 11.1 Å². The molecule has 1 heterocycles. The molecule has 0 spiro atoms. The van der Waals surface area contributed by atoms with Crippen LogP contribution in [0, 0.1) is 11.3 Å². The Bertz CT molecular complexity index is 394. The van der Waals surface area contributed by atoms with Crippen LogP contribution in [0.15, 0.2) is 0 Å². The van der Waals surface area contributed by atoms with E-state index in [0.29, 0.717) is 19.7 Å². The third-order valence-corrected chi connectivity index (χ3v) is 5.01. The molecule has 2 fully saturated rings. The van der Waals surface area contributed by atoms with Crippen LogP contribution in [0.5, 0.6) is 0 Å². The van der Waals surface area contributed by atoms with Crippen molar-refractivity contribution in [2.24, 2.45) is 17.1 Å². The van der Waals surface area contributed by atoms with Gasteiger partial charge in [-0.15, -0.1) is 0 Å². The van der Waals surface area contributed by atoms with Gasteiger partial charge >= 0.3 is 0 Å². The lowest BCUT2D eigenvalue weighted by atomic mass is 9.86. The molecular formula is C16H29N3O3. The highest BCUT2D eigenvalue weighted by atomic mass is 16.5. The molecule has 3 N–H and O–H groups in total. The number of hydrogen-bond donors (Lipinski definition) is 2. The summed E-state index contributed by atoms with van der Waals surface area (Å²) in [5.41, 5.74) is 5.36. The van der Waals surface area contributed by atoms with Gasteiger partial charge < -0.3 is 15.8 Å². The standard InChI is InChI=1S/C16H29N3O3/c1-22-12-16(6-2-3-7-16)11-18-15(21)13-5-4-8-19(9-13)10-14(17)20/h13H,2-12H2,1H3,(H2,17,20)(H,18,21)/t13-/m1/s1. The lowest BCUT2D eigenvalue weighted by Gasteiger charge is -2.33. The first-order valence-electron chi connectivity index (χ1n) is 8.32. The summed E-state index contributed by atoms with van der Waals surface area (Å²) < 4.78 is 5.36. The zero-order valence-electron chi connectivity index (χ0n) is 13.6. The summed E-state index contributed by atoms with van der Waals surface area (Å²) >= 11 is 0. The molecule has 1 saturated carbocycles. The van der Waals surface area contributed by atoms with E-state index in [9.17, 15) is 9.59 Å². The Balaban J connectivity index is 1.82. The molecule has 6 heteroatoms. The first kappa shape index (κ1) is 17.2. The minimum atomic E-state index is -0.328. The maximum atomic E-state index is 12.4. The zero-order chi connectivity index (χ0) is 16.0. The molecule has 2 rings (SSSR count). The van der Waals surface area contributed by atoms with Crippen molar-refractivity contribution in [3.05, 3.63) is 0 Å². The SMILES string of the molecule is COCC1(CNC(=O)[C@@H]2CCCN(CC(N)=O)C2)CCCC1. The lowest BCUT2D eigenvalue weighted by molar-refractivity contribution is -0.128. The van der Waals surface area contributed by atoms with Gasteiger partial charge in [0.05, 0.1) is 19.1 Å². The molecule has 0 radical (unpaired) electrons. The van der Waals surface area contributed by atoms with E-state index in [0.717, 1.165) is 32.2 Å². The highest BCUT2D eigenvalue weighted by Crippen LogP contribution is 2.37. The molecular weight excluding hydrogens is 282 g/mol. The molecule has 0 bridgehead atoms. The molecule has 1 aliphatic carbocycles. The van der Waals surface area contributed by atoms with Crippen LogP contribution in [-0.2, 0) is 14.3 Å². The first-order valence-corrected chi connectivity index (χ1v) is 8.32. The summed E-state index contributed by atoms with van der Waals surface area (Å²) in [7, 11) is 1.73. The van der Waals surface area contributed by atoms with Gasteiger partial charge in [0.1, 0.15) is 0 Å². The Morgan fingerprint density at radius 2 is 2.05 bits per heavy atom. The smallest absolute Gasteiger partial charge is 0.231 e. The number of rotatable bonds is 7.